The number of H-pyrrole nitrogens is 2. The Morgan fingerprint density at radius 2 is 1.81 bits per heavy atom. The zero-order valence-electron chi connectivity index (χ0n) is 20.0. The summed E-state index contributed by atoms with van der Waals surface area (Å²) in [5.74, 6) is -0.166. The molecule has 0 spiro atoms. The summed E-state index contributed by atoms with van der Waals surface area (Å²) >= 11 is 1.75. The molecule has 0 saturated carbocycles. The monoisotopic (exact) mass is 493 g/mol. The summed E-state index contributed by atoms with van der Waals surface area (Å²) in [5, 5.41) is 12.5. The number of rotatable bonds is 5. The Morgan fingerprint density at radius 1 is 0.972 bits per heavy atom. The molecule has 0 fully saturated rings. The topological polar surface area (TPSA) is 112 Å². The number of hydrogen-bond acceptors (Lipinski definition) is 6. The Bertz CT molecular complexity index is 1740. The third-order valence-corrected chi connectivity index (χ3v) is 7.12. The summed E-state index contributed by atoms with van der Waals surface area (Å²) in [6.45, 7) is 5.82. The first kappa shape index (κ1) is 22.1. The lowest BCUT2D eigenvalue weighted by molar-refractivity contribution is -0.118. The van der Waals surface area contributed by atoms with E-state index in [0.29, 0.717) is 11.3 Å². The van der Waals surface area contributed by atoms with Crippen LogP contribution in [0.25, 0.3) is 54.9 Å². The molecule has 0 unspecified atom stereocenters. The number of pyridine rings is 3. The highest BCUT2D eigenvalue weighted by atomic mass is 32.1. The zero-order chi connectivity index (χ0) is 24.8. The Morgan fingerprint density at radius 3 is 2.61 bits per heavy atom. The second-order valence-corrected chi connectivity index (χ2v) is 10.3. The number of thiophene rings is 1. The lowest BCUT2D eigenvalue weighted by Gasteiger charge is -2.09. The molecule has 6 rings (SSSR count). The predicted molar refractivity (Wildman–Crippen MR) is 144 cm³/mol. The highest BCUT2D eigenvalue weighted by Gasteiger charge is 2.16. The van der Waals surface area contributed by atoms with Crippen molar-refractivity contribution in [2.24, 2.45) is 5.92 Å². The van der Waals surface area contributed by atoms with E-state index in [0.717, 1.165) is 44.4 Å². The van der Waals surface area contributed by atoms with E-state index in [9.17, 15) is 4.79 Å². The molecule has 0 radical (unpaired) electrons. The maximum absolute atomic E-state index is 12.1. The van der Waals surface area contributed by atoms with Crippen molar-refractivity contribution in [3.8, 4) is 33.0 Å². The van der Waals surface area contributed by atoms with Crippen molar-refractivity contribution >= 4 is 44.9 Å². The number of aryl methyl sites for hydroxylation is 1. The molecule has 0 bridgehead atoms. The maximum atomic E-state index is 12.1. The van der Waals surface area contributed by atoms with Gasteiger partial charge in [-0.15, -0.1) is 11.3 Å². The maximum Gasteiger partial charge on any atom is 0.226 e. The Balaban J connectivity index is 1.41. The SMILES string of the molecule is Cc1ccc(-c2cncc3[nH]c(-c4n[nH]c5ncc(-c6cncc(NC(=O)C(C)C)c6)cc45)cc23)s1. The quantitative estimate of drug-likeness (QED) is 0.265. The number of carbonyl (C=O) groups is 1. The molecule has 3 N–H and O–H groups in total. The highest BCUT2D eigenvalue weighted by Crippen LogP contribution is 2.36. The normalized spacial score (nSPS) is 11.6. The van der Waals surface area contributed by atoms with Crippen LogP contribution in [0, 0.1) is 12.8 Å². The third-order valence-electron chi connectivity index (χ3n) is 6.09. The standard InChI is InChI=1S/C27H23N7OS/c1-14(2)27(35)31-18-6-16(9-28-11-18)17-7-20-25(33-34-26(20)30-10-17)22-8-19-21(12-29-13-23(19)32-22)24-5-4-15(3)36-24/h4-14,32H,1-3H3,(H,31,35)(H,30,33,34). The predicted octanol–water partition coefficient (Wildman–Crippen LogP) is 6.19. The summed E-state index contributed by atoms with van der Waals surface area (Å²) < 4.78 is 0. The summed E-state index contributed by atoms with van der Waals surface area (Å²) in [5.41, 5.74) is 6.79. The molecule has 8 nitrogen and oxygen atoms in total. The number of aromatic nitrogens is 6. The van der Waals surface area contributed by atoms with Gasteiger partial charge >= 0.3 is 0 Å². The molecular formula is C27H23N7OS. The van der Waals surface area contributed by atoms with E-state index >= 15 is 0 Å². The molecule has 9 heteroatoms. The molecule has 1 amide bonds. The number of nitrogens with one attached hydrogen (secondary N) is 3. The fourth-order valence-electron chi connectivity index (χ4n) is 4.17. The Hall–Kier alpha value is -4.37. The molecule has 0 aliphatic heterocycles. The first-order chi connectivity index (χ1) is 17.5. The second-order valence-electron chi connectivity index (χ2n) is 9.04. The van der Waals surface area contributed by atoms with Crippen LogP contribution < -0.4 is 5.32 Å². The van der Waals surface area contributed by atoms with Gasteiger partial charge in [0, 0.05) is 61.7 Å². The number of anilines is 1. The van der Waals surface area contributed by atoms with Crippen molar-refractivity contribution < 1.29 is 4.79 Å². The van der Waals surface area contributed by atoms with E-state index < -0.39 is 0 Å². The molecule has 0 atom stereocenters. The fourth-order valence-corrected chi connectivity index (χ4v) is 5.07. The van der Waals surface area contributed by atoms with Gasteiger partial charge in [0.1, 0.15) is 5.69 Å². The molecule has 0 aliphatic carbocycles. The lowest BCUT2D eigenvalue weighted by Crippen LogP contribution is -2.17. The molecule has 0 aromatic carbocycles. The van der Waals surface area contributed by atoms with Gasteiger partial charge in [-0.2, -0.15) is 5.10 Å². The number of nitrogens with zero attached hydrogens (tertiary/aromatic N) is 4. The van der Waals surface area contributed by atoms with Gasteiger partial charge in [-0.1, -0.05) is 13.8 Å². The minimum atomic E-state index is -0.115. The van der Waals surface area contributed by atoms with Gasteiger partial charge in [-0.25, -0.2) is 4.98 Å². The van der Waals surface area contributed by atoms with Crippen molar-refractivity contribution in [1.82, 2.24) is 30.1 Å². The van der Waals surface area contributed by atoms with E-state index in [1.165, 1.54) is 9.75 Å². The van der Waals surface area contributed by atoms with E-state index in [4.69, 9.17) is 0 Å². The summed E-state index contributed by atoms with van der Waals surface area (Å²) in [6, 6.07) is 10.3. The molecule has 36 heavy (non-hydrogen) atoms. The smallest absolute Gasteiger partial charge is 0.226 e. The molecule has 178 valence electrons. The summed E-state index contributed by atoms with van der Waals surface area (Å²) in [7, 11) is 0. The van der Waals surface area contributed by atoms with Crippen LogP contribution >= 0.6 is 11.3 Å². The Kier molecular flexibility index (Phi) is 5.34. The van der Waals surface area contributed by atoms with Crippen LogP contribution in [0.1, 0.15) is 18.7 Å². The molecule has 0 aliphatic rings. The fraction of sp³-hybridized carbons (Fsp3) is 0.148. The Labute approximate surface area is 210 Å². The van der Waals surface area contributed by atoms with Gasteiger partial charge in [0.25, 0.3) is 0 Å². The van der Waals surface area contributed by atoms with Crippen molar-refractivity contribution in [2.75, 3.05) is 5.32 Å². The van der Waals surface area contributed by atoms with Crippen LogP contribution in [-0.4, -0.2) is 36.0 Å². The zero-order valence-corrected chi connectivity index (χ0v) is 20.8. The van der Waals surface area contributed by atoms with Crippen LogP contribution in [0.5, 0.6) is 0 Å². The van der Waals surface area contributed by atoms with E-state index in [1.807, 2.05) is 38.4 Å². The minimum absolute atomic E-state index is 0.0509. The minimum Gasteiger partial charge on any atom is -0.352 e. The van der Waals surface area contributed by atoms with E-state index in [2.05, 4.69) is 60.6 Å². The molecule has 6 aromatic heterocycles. The van der Waals surface area contributed by atoms with Crippen LogP contribution in [-0.2, 0) is 4.79 Å². The van der Waals surface area contributed by atoms with E-state index in [-0.39, 0.29) is 11.8 Å². The molecule has 6 heterocycles. The van der Waals surface area contributed by atoms with Crippen LogP contribution in [0.15, 0.2) is 61.3 Å². The average Bonchev–Trinajstić information content (AvgIpc) is 3.61. The number of amides is 1. The lowest BCUT2D eigenvalue weighted by atomic mass is 10.1. The number of fused-ring (bicyclic) bond motifs is 2. The number of hydrogen-bond donors (Lipinski definition) is 3. The third kappa shape index (κ3) is 3.93. The van der Waals surface area contributed by atoms with Gasteiger partial charge in [-0.3, -0.25) is 19.9 Å². The molecular weight excluding hydrogens is 470 g/mol. The van der Waals surface area contributed by atoms with E-state index in [1.54, 1.807) is 29.9 Å². The highest BCUT2D eigenvalue weighted by molar-refractivity contribution is 7.15. The molecule has 0 saturated heterocycles. The average molecular weight is 494 g/mol. The van der Waals surface area contributed by atoms with Crippen molar-refractivity contribution in [2.45, 2.75) is 20.8 Å². The van der Waals surface area contributed by atoms with Gasteiger partial charge in [0.15, 0.2) is 5.65 Å². The number of carbonyl (C=O) groups excluding carboxylic acids is 1. The van der Waals surface area contributed by atoms with Crippen molar-refractivity contribution in [3.63, 3.8) is 0 Å². The summed E-state index contributed by atoms with van der Waals surface area (Å²) in [4.78, 5) is 31.4. The van der Waals surface area contributed by atoms with Gasteiger partial charge in [-0.05, 0) is 37.3 Å². The number of aromatic amines is 2. The first-order valence-electron chi connectivity index (χ1n) is 11.6. The van der Waals surface area contributed by atoms with Gasteiger partial charge < -0.3 is 10.3 Å². The van der Waals surface area contributed by atoms with Gasteiger partial charge in [0.2, 0.25) is 5.91 Å². The second kappa shape index (κ2) is 8.69. The van der Waals surface area contributed by atoms with Crippen molar-refractivity contribution in [3.05, 3.63) is 66.2 Å². The van der Waals surface area contributed by atoms with Crippen LogP contribution in [0.2, 0.25) is 0 Å². The first-order valence-corrected chi connectivity index (χ1v) is 12.4. The van der Waals surface area contributed by atoms with Crippen molar-refractivity contribution in [1.29, 1.82) is 0 Å². The van der Waals surface area contributed by atoms with Crippen LogP contribution in [0.4, 0.5) is 5.69 Å². The van der Waals surface area contributed by atoms with Gasteiger partial charge in [0.05, 0.1) is 29.3 Å². The summed E-state index contributed by atoms with van der Waals surface area (Å²) in [6.07, 6.45) is 8.93. The van der Waals surface area contributed by atoms with Crippen LogP contribution in [0.3, 0.4) is 0 Å². The largest absolute Gasteiger partial charge is 0.352 e. The molecule has 6 aromatic rings.